The molecule has 1 aliphatic heterocycles. The van der Waals surface area contributed by atoms with Crippen molar-refractivity contribution >= 4 is 22.4 Å². The molecule has 6 nitrogen and oxygen atoms in total. The van der Waals surface area contributed by atoms with E-state index in [-0.39, 0.29) is 11.9 Å². The van der Waals surface area contributed by atoms with Crippen molar-refractivity contribution < 1.29 is 4.79 Å². The molecule has 1 amide bonds. The molecule has 0 aliphatic carbocycles. The second-order valence-corrected chi connectivity index (χ2v) is 6.85. The lowest BCUT2D eigenvalue weighted by atomic mass is 10.0. The summed E-state index contributed by atoms with van der Waals surface area (Å²) in [6, 6.07) is 5.69. The number of carbonyl (C=O) groups excluding carboxylic acids is 1. The smallest absolute Gasteiger partial charge is 0.245 e. The van der Waals surface area contributed by atoms with Crippen LogP contribution in [0.25, 0.3) is 10.7 Å². The molecule has 1 N–H and O–H groups in total. The van der Waals surface area contributed by atoms with Crippen molar-refractivity contribution in [1.29, 1.82) is 0 Å². The summed E-state index contributed by atoms with van der Waals surface area (Å²) in [5, 5.41) is 12.8. The molecule has 1 saturated heterocycles. The molecule has 3 heterocycles. The average Bonchev–Trinajstić information content (AvgIpc) is 3.04. The largest absolute Gasteiger partial charge is 0.349 e. The highest BCUT2D eigenvalue weighted by molar-refractivity contribution is 7.18. The molecular formula is C16H21N5OS. The lowest BCUT2D eigenvalue weighted by Crippen LogP contribution is -2.48. The predicted molar refractivity (Wildman–Crippen MR) is 91.3 cm³/mol. The van der Waals surface area contributed by atoms with Gasteiger partial charge in [-0.1, -0.05) is 17.4 Å². The van der Waals surface area contributed by atoms with Crippen LogP contribution in [-0.4, -0.2) is 44.6 Å². The van der Waals surface area contributed by atoms with Crippen LogP contribution in [0.4, 0.5) is 5.13 Å². The van der Waals surface area contributed by atoms with Crippen LogP contribution in [0.5, 0.6) is 0 Å². The SMILES string of the molecule is CC(Nc1nnc(-c2ccccn2)s1)C(=O)N1CCCCC1C. The van der Waals surface area contributed by atoms with Gasteiger partial charge in [0.1, 0.15) is 11.7 Å². The third-order valence-corrected chi connectivity index (χ3v) is 4.98. The molecule has 1 fully saturated rings. The number of piperidine rings is 1. The summed E-state index contributed by atoms with van der Waals surface area (Å²) in [6.45, 7) is 4.85. The average molecular weight is 331 g/mol. The highest BCUT2D eigenvalue weighted by Gasteiger charge is 2.27. The van der Waals surface area contributed by atoms with Gasteiger partial charge in [-0.3, -0.25) is 9.78 Å². The van der Waals surface area contributed by atoms with E-state index in [0.29, 0.717) is 11.2 Å². The molecule has 0 spiro atoms. The van der Waals surface area contributed by atoms with Gasteiger partial charge in [0.25, 0.3) is 0 Å². The lowest BCUT2D eigenvalue weighted by Gasteiger charge is -2.35. The number of nitrogens with one attached hydrogen (secondary N) is 1. The van der Waals surface area contributed by atoms with Gasteiger partial charge in [-0.15, -0.1) is 10.2 Å². The highest BCUT2D eigenvalue weighted by Crippen LogP contribution is 2.25. The number of hydrogen-bond donors (Lipinski definition) is 1. The maximum Gasteiger partial charge on any atom is 0.245 e. The van der Waals surface area contributed by atoms with Crippen molar-refractivity contribution in [3.8, 4) is 10.7 Å². The minimum Gasteiger partial charge on any atom is -0.349 e. The number of carbonyl (C=O) groups is 1. The molecule has 2 aromatic rings. The molecule has 2 aromatic heterocycles. The first-order valence-corrected chi connectivity index (χ1v) is 8.78. The molecule has 0 radical (unpaired) electrons. The highest BCUT2D eigenvalue weighted by atomic mass is 32.1. The van der Waals surface area contributed by atoms with E-state index in [1.54, 1.807) is 6.20 Å². The Morgan fingerprint density at radius 1 is 1.39 bits per heavy atom. The quantitative estimate of drug-likeness (QED) is 0.933. The number of aromatic nitrogens is 3. The van der Waals surface area contributed by atoms with Crippen LogP contribution in [0.15, 0.2) is 24.4 Å². The minimum absolute atomic E-state index is 0.131. The van der Waals surface area contributed by atoms with Gasteiger partial charge in [-0.2, -0.15) is 0 Å². The molecule has 0 saturated carbocycles. The third-order valence-electron chi connectivity index (χ3n) is 4.11. The van der Waals surface area contributed by atoms with E-state index in [9.17, 15) is 4.79 Å². The van der Waals surface area contributed by atoms with E-state index in [1.165, 1.54) is 17.8 Å². The molecule has 3 rings (SSSR count). The molecule has 122 valence electrons. The number of likely N-dealkylation sites (tertiary alicyclic amines) is 1. The topological polar surface area (TPSA) is 71.0 Å². The predicted octanol–water partition coefficient (Wildman–Crippen LogP) is 2.80. The van der Waals surface area contributed by atoms with Crippen LogP contribution < -0.4 is 5.32 Å². The molecular weight excluding hydrogens is 310 g/mol. The van der Waals surface area contributed by atoms with Crippen molar-refractivity contribution in [2.24, 2.45) is 0 Å². The third kappa shape index (κ3) is 3.67. The van der Waals surface area contributed by atoms with Crippen LogP contribution in [0, 0.1) is 0 Å². The minimum atomic E-state index is -0.305. The monoisotopic (exact) mass is 331 g/mol. The number of hydrogen-bond acceptors (Lipinski definition) is 6. The fourth-order valence-electron chi connectivity index (χ4n) is 2.80. The first kappa shape index (κ1) is 15.9. The van der Waals surface area contributed by atoms with Crippen molar-refractivity contribution in [3.63, 3.8) is 0 Å². The summed E-state index contributed by atoms with van der Waals surface area (Å²) in [5.74, 6) is 0.131. The van der Waals surface area contributed by atoms with Crippen molar-refractivity contribution in [1.82, 2.24) is 20.1 Å². The zero-order valence-corrected chi connectivity index (χ0v) is 14.2. The summed E-state index contributed by atoms with van der Waals surface area (Å²) in [5.41, 5.74) is 0.793. The van der Waals surface area contributed by atoms with Crippen molar-refractivity contribution in [3.05, 3.63) is 24.4 Å². The molecule has 0 aromatic carbocycles. The van der Waals surface area contributed by atoms with Gasteiger partial charge >= 0.3 is 0 Å². The Hall–Kier alpha value is -2.02. The van der Waals surface area contributed by atoms with Gasteiger partial charge in [-0.25, -0.2) is 0 Å². The Bertz CT molecular complexity index is 660. The summed E-state index contributed by atoms with van der Waals surface area (Å²) in [4.78, 5) is 18.8. The van der Waals surface area contributed by atoms with E-state index in [1.807, 2.05) is 30.0 Å². The van der Waals surface area contributed by atoms with Crippen LogP contribution >= 0.6 is 11.3 Å². The number of amides is 1. The molecule has 2 atom stereocenters. The first-order chi connectivity index (χ1) is 11.1. The van der Waals surface area contributed by atoms with Gasteiger partial charge in [0.05, 0.1) is 0 Å². The van der Waals surface area contributed by atoms with E-state index < -0.39 is 0 Å². The molecule has 1 aliphatic rings. The van der Waals surface area contributed by atoms with Crippen LogP contribution in [0.3, 0.4) is 0 Å². The second-order valence-electron chi connectivity index (χ2n) is 5.87. The summed E-state index contributed by atoms with van der Waals surface area (Å²) < 4.78 is 0. The molecule has 0 bridgehead atoms. The number of nitrogens with zero attached hydrogens (tertiary/aromatic N) is 4. The Balaban J connectivity index is 1.65. The van der Waals surface area contributed by atoms with Gasteiger partial charge in [-0.05, 0) is 45.2 Å². The van der Waals surface area contributed by atoms with E-state index in [2.05, 4.69) is 27.4 Å². The van der Waals surface area contributed by atoms with Crippen LogP contribution in [-0.2, 0) is 4.79 Å². The zero-order valence-electron chi connectivity index (χ0n) is 13.4. The van der Waals surface area contributed by atoms with E-state index in [4.69, 9.17) is 0 Å². The van der Waals surface area contributed by atoms with Crippen LogP contribution in [0.2, 0.25) is 0 Å². The Kier molecular flexibility index (Phi) is 4.85. The fraction of sp³-hybridized carbons (Fsp3) is 0.500. The van der Waals surface area contributed by atoms with Gasteiger partial charge in [0.2, 0.25) is 11.0 Å². The number of pyridine rings is 1. The summed E-state index contributed by atoms with van der Waals surface area (Å²) >= 11 is 1.41. The van der Waals surface area contributed by atoms with Crippen molar-refractivity contribution in [2.45, 2.75) is 45.2 Å². The Labute approximate surface area is 140 Å². The van der Waals surface area contributed by atoms with E-state index in [0.717, 1.165) is 30.1 Å². The van der Waals surface area contributed by atoms with Crippen molar-refractivity contribution in [2.75, 3.05) is 11.9 Å². The number of anilines is 1. The lowest BCUT2D eigenvalue weighted by molar-refractivity contribution is -0.134. The van der Waals surface area contributed by atoms with Gasteiger partial charge in [0.15, 0.2) is 5.01 Å². The second kappa shape index (κ2) is 7.04. The summed E-state index contributed by atoms with van der Waals surface area (Å²) in [6.07, 6.45) is 5.11. The fourth-order valence-corrected chi connectivity index (χ4v) is 3.60. The molecule has 2 unspecified atom stereocenters. The van der Waals surface area contributed by atoms with Gasteiger partial charge < -0.3 is 10.2 Å². The van der Waals surface area contributed by atoms with E-state index >= 15 is 0 Å². The molecule has 23 heavy (non-hydrogen) atoms. The Morgan fingerprint density at radius 3 is 3.00 bits per heavy atom. The normalized spacial score (nSPS) is 19.4. The number of rotatable bonds is 4. The summed E-state index contributed by atoms with van der Waals surface area (Å²) in [7, 11) is 0. The van der Waals surface area contributed by atoms with Crippen LogP contribution in [0.1, 0.15) is 33.1 Å². The first-order valence-electron chi connectivity index (χ1n) is 7.97. The maximum atomic E-state index is 12.6. The van der Waals surface area contributed by atoms with Gasteiger partial charge in [0, 0.05) is 18.8 Å². The molecule has 7 heteroatoms. The zero-order chi connectivity index (χ0) is 16.2. The Morgan fingerprint density at radius 2 is 2.26 bits per heavy atom. The maximum absolute atomic E-state index is 12.6. The standard InChI is InChI=1S/C16H21N5OS/c1-11-7-4-6-10-21(11)15(22)12(2)18-16-20-19-14(23-16)13-8-3-5-9-17-13/h3,5,8-9,11-12H,4,6-7,10H2,1-2H3,(H,18,20).